The summed E-state index contributed by atoms with van der Waals surface area (Å²) in [5.74, 6) is 0.558. The summed E-state index contributed by atoms with van der Waals surface area (Å²) in [7, 11) is 0. The molecular formula is C7H10N2O. The highest BCUT2D eigenvalue weighted by atomic mass is 16.2. The lowest BCUT2D eigenvalue weighted by Crippen LogP contribution is -2.48. The molecule has 0 N–H and O–H groups in total. The number of rotatable bonds is 1. The Balaban J connectivity index is 2.19. The summed E-state index contributed by atoms with van der Waals surface area (Å²) in [5, 5.41) is 8.27. The summed E-state index contributed by atoms with van der Waals surface area (Å²) in [6.07, 6.45) is 0.587. The normalized spacial score (nSPS) is 17.8. The molecule has 1 aliphatic heterocycles. The highest BCUT2D eigenvalue weighted by Gasteiger charge is 2.27. The predicted molar refractivity (Wildman–Crippen MR) is 36.0 cm³/mol. The quantitative estimate of drug-likeness (QED) is 0.525. The van der Waals surface area contributed by atoms with Gasteiger partial charge in [0.05, 0.1) is 6.07 Å². The van der Waals surface area contributed by atoms with Gasteiger partial charge in [0.15, 0.2) is 0 Å². The van der Waals surface area contributed by atoms with Crippen LogP contribution in [0.1, 0.15) is 13.3 Å². The van der Waals surface area contributed by atoms with Gasteiger partial charge in [-0.05, 0) is 0 Å². The molecule has 0 aromatic heterocycles. The van der Waals surface area contributed by atoms with Gasteiger partial charge in [0, 0.05) is 32.4 Å². The van der Waals surface area contributed by atoms with Crippen LogP contribution in [0.4, 0.5) is 0 Å². The standard InChI is InChI=1S/C7H10N2O/c1-6(10)9-4-7(5-9)2-3-8/h7H,2,4-5H2,1H3. The minimum atomic E-state index is 0.120. The summed E-state index contributed by atoms with van der Waals surface area (Å²) >= 11 is 0. The summed E-state index contributed by atoms with van der Waals surface area (Å²) in [6.45, 7) is 3.12. The van der Waals surface area contributed by atoms with E-state index in [9.17, 15) is 4.79 Å². The smallest absolute Gasteiger partial charge is 0.219 e. The first-order valence-corrected chi connectivity index (χ1v) is 3.36. The summed E-state index contributed by atoms with van der Waals surface area (Å²) in [4.78, 5) is 12.4. The van der Waals surface area contributed by atoms with Crippen molar-refractivity contribution in [3.05, 3.63) is 0 Å². The van der Waals surface area contributed by atoms with Crippen LogP contribution >= 0.6 is 0 Å². The number of carbonyl (C=O) groups is 1. The fraction of sp³-hybridized carbons (Fsp3) is 0.714. The Labute approximate surface area is 60.2 Å². The SMILES string of the molecule is CC(=O)N1CC(CC#N)C1. The molecule has 0 spiro atoms. The van der Waals surface area contributed by atoms with E-state index in [0.717, 1.165) is 13.1 Å². The Morgan fingerprint density at radius 3 is 2.80 bits per heavy atom. The third-order valence-corrected chi connectivity index (χ3v) is 1.78. The first kappa shape index (κ1) is 7.07. The van der Waals surface area contributed by atoms with Gasteiger partial charge in [-0.15, -0.1) is 0 Å². The van der Waals surface area contributed by atoms with Crippen molar-refractivity contribution >= 4 is 5.91 Å². The predicted octanol–water partition coefficient (Wildman–Crippen LogP) is 0.378. The van der Waals surface area contributed by atoms with Crippen LogP contribution in [0, 0.1) is 17.2 Å². The fourth-order valence-corrected chi connectivity index (χ4v) is 1.09. The molecule has 0 aromatic rings. The van der Waals surface area contributed by atoms with Crippen molar-refractivity contribution in [1.82, 2.24) is 4.90 Å². The summed E-state index contributed by atoms with van der Waals surface area (Å²) in [6, 6.07) is 2.09. The molecule has 0 unspecified atom stereocenters. The molecule has 0 radical (unpaired) electrons. The lowest BCUT2D eigenvalue weighted by Gasteiger charge is -2.37. The average molecular weight is 138 g/mol. The van der Waals surface area contributed by atoms with E-state index in [-0.39, 0.29) is 5.91 Å². The van der Waals surface area contributed by atoms with Crippen LogP contribution < -0.4 is 0 Å². The Morgan fingerprint density at radius 2 is 2.40 bits per heavy atom. The zero-order valence-corrected chi connectivity index (χ0v) is 6.00. The van der Waals surface area contributed by atoms with Crippen molar-refractivity contribution in [2.24, 2.45) is 5.92 Å². The van der Waals surface area contributed by atoms with E-state index in [2.05, 4.69) is 6.07 Å². The Bertz CT molecular complexity index is 177. The second kappa shape index (κ2) is 2.70. The second-order valence-electron chi connectivity index (χ2n) is 2.65. The van der Waals surface area contributed by atoms with Crippen LogP contribution in [0.25, 0.3) is 0 Å². The van der Waals surface area contributed by atoms with Gasteiger partial charge in [0.25, 0.3) is 0 Å². The maximum absolute atomic E-state index is 10.6. The van der Waals surface area contributed by atoms with E-state index in [1.165, 1.54) is 0 Å². The van der Waals surface area contributed by atoms with E-state index in [1.807, 2.05) is 0 Å². The van der Waals surface area contributed by atoms with Crippen LogP contribution in [-0.4, -0.2) is 23.9 Å². The fourth-order valence-electron chi connectivity index (χ4n) is 1.09. The molecule has 0 aliphatic carbocycles. The summed E-state index contributed by atoms with van der Waals surface area (Å²) < 4.78 is 0. The van der Waals surface area contributed by atoms with Crippen molar-refractivity contribution in [2.45, 2.75) is 13.3 Å². The van der Waals surface area contributed by atoms with Crippen molar-refractivity contribution in [2.75, 3.05) is 13.1 Å². The minimum absolute atomic E-state index is 0.120. The van der Waals surface area contributed by atoms with Crippen molar-refractivity contribution in [3.8, 4) is 6.07 Å². The van der Waals surface area contributed by atoms with Gasteiger partial charge in [-0.25, -0.2) is 0 Å². The number of likely N-dealkylation sites (tertiary alicyclic amines) is 1. The Hall–Kier alpha value is -1.04. The van der Waals surface area contributed by atoms with Crippen LogP contribution in [0.3, 0.4) is 0 Å². The first-order valence-electron chi connectivity index (χ1n) is 3.36. The average Bonchev–Trinajstić information content (AvgIpc) is 1.76. The Morgan fingerprint density at radius 1 is 1.80 bits per heavy atom. The highest BCUT2D eigenvalue weighted by Crippen LogP contribution is 2.17. The van der Waals surface area contributed by atoms with Gasteiger partial charge >= 0.3 is 0 Å². The van der Waals surface area contributed by atoms with E-state index in [0.29, 0.717) is 12.3 Å². The molecule has 0 saturated carbocycles. The van der Waals surface area contributed by atoms with Crippen LogP contribution in [-0.2, 0) is 4.79 Å². The monoisotopic (exact) mass is 138 g/mol. The molecule has 10 heavy (non-hydrogen) atoms. The minimum Gasteiger partial charge on any atom is -0.342 e. The van der Waals surface area contributed by atoms with E-state index in [1.54, 1.807) is 11.8 Å². The van der Waals surface area contributed by atoms with Gasteiger partial charge in [0.1, 0.15) is 0 Å². The molecule has 3 heteroatoms. The topological polar surface area (TPSA) is 44.1 Å². The number of nitrogens with zero attached hydrogens (tertiary/aromatic N) is 2. The van der Waals surface area contributed by atoms with Gasteiger partial charge in [-0.1, -0.05) is 0 Å². The molecule has 1 fully saturated rings. The number of amides is 1. The lowest BCUT2D eigenvalue weighted by molar-refractivity contribution is -0.134. The molecule has 1 heterocycles. The number of hydrogen-bond acceptors (Lipinski definition) is 2. The van der Waals surface area contributed by atoms with Gasteiger partial charge in [-0.2, -0.15) is 5.26 Å². The zero-order valence-electron chi connectivity index (χ0n) is 6.00. The number of carbonyl (C=O) groups excluding carboxylic acids is 1. The first-order chi connectivity index (χ1) is 4.74. The zero-order chi connectivity index (χ0) is 7.56. The van der Waals surface area contributed by atoms with Crippen molar-refractivity contribution in [1.29, 1.82) is 5.26 Å². The highest BCUT2D eigenvalue weighted by molar-refractivity contribution is 5.74. The maximum atomic E-state index is 10.6. The summed E-state index contributed by atoms with van der Waals surface area (Å²) in [5.41, 5.74) is 0. The van der Waals surface area contributed by atoms with E-state index in [4.69, 9.17) is 5.26 Å². The Kier molecular flexibility index (Phi) is 1.91. The molecule has 0 atom stereocenters. The van der Waals surface area contributed by atoms with Crippen molar-refractivity contribution in [3.63, 3.8) is 0 Å². The van der Waals surface area contributed by atoms with Crippen molar-refractivity contribution < 1.29 is 4.79 Å². The van der Waals surface area contributed by atoms with Gasteiger partial charge in [-0.3, -0.25) is 4.79 Å². The molecule has 0 bridgehead atoms. The molecule has 1 rings (SSSR count). The third kappa shape index (κ3) is 1.27. The lowest BCUT2D eigenvalue weighted by atomic mass is 9.97. The molecule has 1 saturated heterocycles. The molecule has 3 nitrogen and oxygen atoms in total. The maximum Gasteiger partial charge on any atom is 0.219 e. The number of hydrogen-bond donors (Lipinski definition) is 0. The molecular weight excluding hydrogens is 128 g/mol. The van der Waals surface area contributed by atoms with Crippen LogP contribution in [0.2, 0.25) is 0 Å². The molecule has 1 amide bonds. The molecule has 1 aliphatic rings. The molecule has 0 aromatic carbocycles. The van der Waals surface area contributed by atoms with Gasteiger partial charge in [0.2, 0.25) is 5.91 Å². The largest absolute Gasteiger partial charge is 0.342 e. The second-order valence-corrected chi connectivity index (χ2v) is 2.65. The number of nitriles is 1. The molecule has 54 valence electrons. The third-order valence-electron chi connectivity index (χ3n) is 1.78. The van der Waals surface area contributed by atoms with Gasteiger partial charge < -0.3 is 4.90 Å². The van der Waals surface area contributed by atoms with E-state index < -0.39 is 0 Å². The van der Waals surface area contributed by atoms with Crippen LogP contribution in [0.5, 0.6) is 0 Å². The van der Waals surface area contributed by atoms with Crippen LogP contribution in [0.15, 0.2) is 0 Å². The van der Waals surface area contributed by atoms with E-state index >= 15 is 0 Å².